The van der Waals surface area contributed by atoms with E-state index in [4.69, 9.17) is 4.74 Å². The largest absolute Gasteiger partial charge is 0.481 e. The highest BCUT2D eigenvalue weighted by Gasteiger charge is 2.51. The monoisotopic (exact) mass is 448 g/mol. The van der Waals surface area contributed by atoms with E-state index in [2.05, 4.69) is 4.98 Å². The van der Waals surface area contributed by atoms with E-state index in [1.54, 1.807) is 30.3 Å². The molecule has 3 aromatic rings. The van der Waals surface area contributed by atoms with Gasteiger partial charge in [0.05, 0.1) is 23.7 Å². The lowest BCUT2D eigenvalue weighted by molar-refractivity contribution is -0.129. The first-order valence-electron chi connectivity index (χ1n) is 10.6. The number of nitrogens with zero attached hydrogens (tertiary/aromatic N) is 2. The minimum atomic E-state index is -3.49. The molecule has 0 radical (unpaired) electrons. The zero-order chi connectivity index (χ0) is 22.5. The molecule has 0 aliphatic carbocycles. The second-order valence-corrected chi connectivity index (χ2v) is 10.5. The molecule has 0 N–H and O–H groups in total. The fourth-order valence-corrected chi connectivity index (χ4v) is 7.04. The summed E-state index contributed by atoms with van der Waals surface area (Å²) in [6, 6.07) is 16.9. The number of ether oxygens (including phenoxy) is 1. The summed E-state index contributed by atoms with van der Waals surface area (Å²) < 4.78 is 31.9. The summed E-state index contributed by atoms with van der Waals surface area (Å²) in [6.45, 7) is 2.63. The maximum absolute atomic E-state index is 13.2. The molecule has 0 bridgehead atoms. The topological polar surface area (TPSA) is 76.6 Å². The van der Waals surface area contributed by atoms with Crippen LogP contribution in [0.5, 0.6) is 5.88 Å². The van der Waals surface area contributed by atoms with Crippen LogP contribution >= 0.6 is 0 Å². The van der Waals surface area contributed by atoms with Crippen molar-refractivity contribution < 1.29 is 17.9 Å². The van der Waals surface area contributed by atoms with E-state index in [9.17, 15) is 13.2 Å². The Bertz CT molecular complexity index is 1320. The summed E-state index contributed by atoms with van der Waals surface area (Å²) in [5.74, 6) is 0.236. The highest BCUT2D eigenvalue weighted by atomic mass is 32.2. The zero-order valence-corrected chi connectivity index (χ0v) is 18.8. The Kier molecular flexibility index (Phi) is 5.01. The Morgan fingerprint density at radius 3 is 2.72 bits per heavy atom. The fraction of sp³-hybridized carbons (Fsp3) is 0.280. The van der Waals surface area contributed by atoms with Crippen LogP contribution in [0.2, 0.25) is 0 Å². The molecule has 32 heavy (non-hydrogen) atoms. The molecule has 0 unspecified atom stereocenters. The van der Waals surface area contributed by atoms with Crippen LogP contribution in [0.15, 0.2) is 65.7 Å². The summed E-state index contributed by atoms with van der Waals surface area (Å²) >= 11 is 0. The lowest BCUT2D eigenvalue weighted by Gasteiger charge is -2.19. The quantitative estimate of drug-likeness (QED) is 0.612. The summed E-state index contributed by atoms with van der Waals surface area (Å²) in [4.78, 5) is 19.3. The fourth-order valence-electron chi connectivity index (χ4n) is 4.87. The molecule has 3 heterocycles. The van der Waals surface area contributed by atoms with Crippen LogP contribution in [0.3, 0.4) is 0 Å². The van der Waals surface area contributed by atoms with Crippen LogP contribution in [0.1, 0.15) is 22.6 Å². The molecule has 0 saturated carbocycles. The van der Waals surface area contributed by atoms with Crippen molar-refractivity contribution in [3.8, 4) is 17.0 Å². The van der Waals surface area contributed by atoms with Crippen molar-refractivity contribution in [2.24, 2.45) is 0 Å². The summed E-state index contributed by atoms with van der Waals surface area (Å²) in [5.41, 5.74) is 4.49. The number of rotatable bonds is 4. The number of likely N-dealkylation sites (tertiary alicyclic amines) is 1. The lowest BCUT2D eigenvalue weighted by Crippen LogP contribution is -2.33. The molecule has 6 nitrogen and oxygen atoms in total. The van der Waals surface area contributed by atoms with Crippen molar-refractivity contribution in [2.75, 3.05) is 20.2 Å². The Morgan fingerprint density at radius 2 is 1.94 bits per heavy atom. The Balaban J connectivity index is 1.46. The number of carbonyl (C=O) groups excluding carboxylic acids is 1. The van der Waals surface area contributed by atoms with Crippen LogP contribution in [0, 0.1) is 6.92 Å². The van der Waals surface area contributed by atoms with Gasteiger partial charge < -0.3 is 9.64 Å². The van der Waals surface area contributed by atoms with Gasteiger partial charge in [-0.3, -0.25) is 4.79 Å². The van der Waals surface area contributed by atoms with E-state index in [0.717, 1.165) is 27.8 Å². The number of hydrogen-bond donors (Lipinski definition) is 0. The number of pyridine rings is 1. The molecule has 5 rings (SSSR count). The number of aryl methyl sites for hydroxylation is 1. The minimum Gasteiger partial charge on any atom is -0.481 e. The number of hydrogen-bond acceptors (Lipinski definition) is 5. The van der Waals surface area contributed by atoms with Gasteiger partial charge in [0.15, 0.2) is 9.84 Å². The normalized spacial score (nSPS) is 20.6. The van der Waals surface area contributed by atoms with Crippen molar-refractivity contribution in [3.63, 3.8) is 0 Å². The SMILES string of the molecule is COc1ncccc1-c1ccc2c(c1)[C@H]1CN(C(=O)Cc3ccccc3C)C[C@@H]1S2(=O)=O. The Morgan fingerprint density at radius 1 is 1.12 bits per heavy atom. The molecule has 1 aromatic heterocycles. The maximum atomic E-state index is 13.2. The van der Waals surface area contributed by atoms with Gasteiger partial charge in [0, 0.05) is 30.8 Å². The van der Waals surface area contributed by atoms with E-state index < -0.39 is 15.1 Å². The number of benzene rings is 2. The van der Waals surface area contributed by atoms with E-state index >= 15 is 0 Å². The number of fused-ring (bicyclic) bond motifs is 3. The minimum absolute atomic E-state index is 0.0319. The van der Waals surface area contributed by atoms with Crippen molar-refractivity contribution in [2.45, 2.75) is 29.4 Å². The van der Waals surface area contributed by atoms with Crippen LogP contribution in [-0.2, 0) is 21.1 Å². The van der Waals surface area contributed by atoms with Crippen molar-refractivity contribution in [1.82, 2.24) is 9.88 Å². The van der Waals surface area contributed by atoms with Crippen LogP contribution in [0.4, 0.5) is 0 Å². The number of aromatic nitrogens is 1. The van der Waals surface area contributed by atoms with Crippen LogP contribution in [0.25, 0.3) is 11.1 Å². The Labute approximate surface area is 187 Å². The third-order valence-corrected chi connectivity index (χ3v) is 8.87. The molecule has 2 atom stereocenters. The molecule has 164 valence electrons. The van der Waals surface area contributed by atoms with Crippen molar-refractivity contribution >= 4 is 15.7 Å². The van der Waals surface area contributed by atoms with Gasteiger partial charge in [-0.1, -0.05) is 30.3 Å². The first-order chi connectivity index (χ1) is 15.4. The molecule has 1 amide bonds. The third kappa shape index (κ3) is 3.28. The van der Waals surface area contributed by atoms with Crippen molar-refractivity contribution in [3.05, 3.63) is 77.5 Å². The second kappa shape index (κ2) is 7.74. The van der Waals surface area contributed by atoms with Gasteiger partial charge >= 0.3 is 0 Å². The number of carbonyl (C=O) groups is 1. The first-order valence-corrected chi connectivity index (χ1v) is 12.1. The predicted molar refractivity (Wildman–Crippen MR) is 121 cm³/mol. The van der Waals surface area contributed by atoms with Gasteiger partial charge in [-0.25, -0.2) is 13.4 Å². The third-order valence-electron chi connectivity index (χ3n) is 6.61. The predicted octanol–water partition coefficient (Wildman–Crippen LogP) is 3.39. The molecule has 1 fully saturated rings. The molecule has 2 aliphatic rings. The molecule has 2 aliphatic heterocycles. The van der Waals surface area contributed by atoms with Gasteiger partial charge in [-0.2, -0.15) is 0 Å². The maximum Gasteiger partial charge on any atom is 0.227 e. The van der Waals surface area contributed by atoms with Gasteiger partial charge in [-0.05, 0) is 53.4 Å². The summed E-state index contributed by atoms with van der Waals surface area (Å²) in [7, 11) is -1.92. The average Bonchev–Trinajstić information content (AvgIpc) is 3.34. The Hall–Kier alpha value is -3.19. The van der Waals surface area contributed by atoms with E-state index in [0.29, 0.717) is 17.3 Å². The van der Waals surface area contributed by atoms with Crippen LogP contribution < -0.4 is 4.74 Å². The van der Waals surface area contributed by atoms with Gasteiger partial charge in [0.1, 0.15) is 0 Å². The molecule has 7 heteroatoms. The molecular weight excluding hydrogens is 424 g/mol. The lowest BCUT2D eigenvalue weighted by atomic mass is 9.95. The van der Waals surface area contributed by atoms with Crippen LogP contribution in [-0.4, -0.2) is 49.7 Å². The number of amides is 1. The van der Waals surface area contributed by atoms with Crippen molar-refractivity contribution in [1.29, 1.82) is 0 Å². The molecule has 0 spiro atoms. The second-order valence-electron chi connectivity index (χ2n) is 8.40. The van der Waals surface area contributed by atoms with Gasteiger partial charge in [-0.15, -0.1) is 0 Å². The molecular formula is C25H24N2O4S. The number of sulfone groups is 1. The highest BCUT2D eigenvalue weighted by Crippen LogP contribution is 2.46. The molecule has 2 aromatic carbocycles. The smallest absolute Gasteiger partial charge is 0.227 e. The number of methoxy groups -OCH3 is 1. The highest BCUT2D eigenvalue weighted by molar-refractivity contribution is 7.92. The van der Waals surface area contributed by atoms with E-state index in [1.807, 2.05) is 49.4 Å². The first kappa shape index (κ1) is 20.7. The average molecular weight is 449 g/mol. The van der Waals surface area contributed by atoms with E-state index in [-0.39, 0.29) is 24.8 Å². The standard InChI is InChI=1S/C25H24N2O4S/c1-16-6-3-4-7-17(16)13-24(28)27-14-21-20-12-18(19-8-5-11-26-25(19)31-2)9-10-22(20)32(29,30)23(21)15-27/h3-12,21,23H,13-15H2,1-2H3/t21-,23+/m1/s1. The van der Waals surface area contributed by atoms with Gasteiger partial charge in [0.2, 0.25) is 11.8 Å². The zero-order valence-electron chi connectivity index (χ0n) is 18.0. The van der Waals surface area contributed by atoms with Gasteiger partial charge in [0.25, 0.3) is 0 Å². The molecule has 1 saturated heterocycles. The summed E-state index contributed by atoms with van der Waals surface area (Å²) in [6.07, 6.45) is 1.94. The van der Waals surface area contributed by atoms with E-state index in [1.165, 1.54) is 0 Å². The summed E-state index contributed by atoms with van der Waals surface area (Å²) in [5, 5.41) is -0.593.